The summed E-state index contributed by atoms with van der Waals surface area (Å²) in [7, 11) is 0. The van der Waals surface area contributed by atoms with Crippen LogP contribution in [0.25, 0.3) is 11.1 Å². The Morgan fingerprint density at radius 2 is 2.15 bits per heavy atom. The van der Waals surface area contributed by atoms with Gasteiger partial charge in [0, 0.05) is 16.8 Å². The highest BCUT2D eigenvalue weighted by Gasteiger charge is 2.07. The molecular formula is C8H8N4O. The molecule has 0 aromatic rings. The van der Waals surface area contributed by atoms with Gasteiger partial charge in [0.2, 0.25) is 0 Å². The minimum Gasteiger partial charge on any atom is -0.412 e. The molecule has 2 aliphatic rings. The van der Waals surface area contributed by atoms with Crippen LogP contribution in [-0.4, -0.2) is 15.2 Å². The lowest BCUT2D eigenvalue weighted by Gasteiger charge is -2.07. The maximum absolute atomic E-state index is 9.03. The van der Waals surface area contributed by atoms with Crippen LogP contribution < -0.4 is 11.1 Å². The third-order valence-corrected chi connectivity index (χ3v) is 1.87. The Balaban J connectivity index is 2.91. The fourth-order valence-electron chi connectivity index (χ4n) is 1.20. The standard InChI is InChI=1S/C8H8N4O/c9-7-1-2-8(10)6-4-12(13)11-3-5(6)7/h1-4,10,13H,9H2. The van der Waals surface area contributed by atoms with Gasteiger partial charge in [-0.15, -0.1) is 9.94 Å². The molecule has 66 valence electrons. The van der Waals surface area contributed by atoms with E-state index in [1.54, 1.807) is 12.1 Å². The zero-order valence-electron chi connectivity index (χ0n) is 6.73. The molecule has 0 saturated heterocycles. The largest absolute Gasteiger partial charge is 0.412 e. The SMILES string of the molecule is N=c1ccc(N)c2cnn(O)cc1-2. The van der Waals surface area contributed by atoms with Crippen molar-refractivity contribution < 1.29 is 5.21 Å². The molecule has 13 heavy (non-hydrogen) atoms. The molecule has 0 bridgehead atoms. The highest BCUT2D eigenvalue weighted by atomic mass is 16.5. The molecule has 0 saturated carbocycles. The molecule has 0 aromatic heterocycles. The first-order valence-electron chi connectivity index (χ1n) is 3.69. The number of hydrogen-bond donors (Lipinski definition) is 3. The van der Waals surface area contributed by atoms with Gasteiger partial charge in [0.15, 0.2) is 0 Å². The van der Waals surface area contributed by atoms with Crippen molar-refractivity contribution in [2.75, 3.05) is 5.73 Å². The molecule has 2 rings (SSSR count). The topological polar surface area (TPSA) is 87.9 Å². The van der Waals surface area contributed by atoms with E-state index in [1.807, 2.05) is 0 Å². The van der Waals surface area contributed by atoms with Crippen molar-refractivity contribution in [2.24, 2.45) is 0 Å². The summed E-state index contributed by atoms with van der Waals surface area (Å²) in [6.07, 6.45) is 2.79. The Morgan fingerprint density at radius 1 is 1.38 bits per heavy atom. The van der Waals surface area contributed by atoms with E-state index in [-0.39, 0.29) is 0 Å². The van der Waals surface area contributed by atoms with Crippen LogP contribution in [0.1, 0.15) is 0 Å². The van der Waals surface area contributed by atoms with Crippen molar-refractivity contribution in [1.82, 2.24) is 9.94 Å². The molecule has 4 N–H and O–H groups in total. The molecule has 5 heteroatoms. The van der Waals surface area contributed by atoms with E-state index in [1.165, 1.54) is 12.4 Å². The summed E-state index contributed by atoms with van der Waals surface area (Å²) in [6, 6.07) is 3.23. The van der Waals surface area contributed by atoms with Crippen LogP contribution in [-0.2, 0) is 0 Å². The van der Waals surface area contributed by atoms with Crippen LogP contribution in [0.15, 0.2) is 24.5 Å². The molecule has 0 amide bonds. The van der Waals surface area contributed by atoms with Gasteiger partial charge in [-0.2, -0.15) is 0 Å². The van der Waals surface area contributed by atoms with Crippen molar-refractivity contribution >= 4 is 5.69 Å². The maximum Gasteiger partial charge on any atom is 0.0749 e. The molecule has 5 nitrogen and oxygen atoms in total. The van der Waals surface area contributed by atoms with Crippen molar-refractivity contribution in [1.29, 1.82) is 5.41 Å². The fraction of sp³-hybridized carbons (Fsp3) is 0. The van der Waals surface area contributed by atoms with Gasteiger partial charge < -0.3 is 16.4 Å². The average molecular weight is 176 g/mol. The van der Waals surface area contributed by atoms with E-state index in [4.69, 9.17) is 16.4 Å². The number of nitrogens with one attached hydrogen (secondary N) is 1. The van der Waals surface area contributed by atoms with Crippen LogP contribution in [0.2, 0.25) is 0 Å². The van der Waals surface area contributed by atoms with Crippen molar-refractivity contribution in [3.63, 3.8) is 0 Å². The third-order valence-electron chi connectivity index (χ3n) is 1.87. The van der Waals surface area contributed by atoms with Gasteiger partial charge in [0.25, 0.3) is 0 Å². The first kappa shape index (κ1) is 7.60. The summed E-state index contributed by atoms with van der Waals surface area (Å²) in [6.45, 7) is 0. The zero-order valence-corrected chi connectivity index (χ0v) is 6.73. The van der Waals surface area contributed by atoms with E-state index in [0.717, 1.165) is 0 Å². The van der Waals surface area contributed by atoms with Crippen LogP contribution >= 0.6 is 0 Å². The average Bonchev–Trinajstić information content (AvgIpc) is 2.12. The molecule has 0 atom stereocenters. The molecule has 1 aliphatic heterocycles. The Labute approximate surface area is 73.9 Å². The molecule has 1 heterocycles. The first-order valence-corrected chi connectivity index (χ1v) is 3.69. The predicted octanol–water partition coefficient (Wildman–Crippen LogP) is 0.287. The number of fused-ring (bicyclic) bond motifs is 1. The van der Waals surface area contributed by atoms with Gasteiger partial charge in [-0.05, 0) is 12.1 Å². The molecule has 0 fully saturated rings. The lowest BCUT2D eigenvalue weighted by Crippen LogP contribution is -2.11. The summed E-state index contributed by atoms with van der Waals surface area (Å²) in [5, 5.41) is 20.5. The Kier molecular flexibility index (Phi) is 1.45. The summed E-state index contributed by atoms with van der Waals surface area (Å²) >= 11 is 0. The summed E-state index contributed by atoms with van der Waals surface area (Å²) in [5.74, 6) is 0. The van der Waals surface area contributed by atoms with Crippen molar-refractivity contribution in [2.45, 2.75) is 0 Å². The summed E-state index contributed by atoms with van der Waals surface area (Å²) in [4.78, 5) is 0.666. The summed E-state index contributed by atoms with van der Waals surface area (Å²) in [5.41, 5.74) is 7.48. The minimum absolute atomic E-state index is 0.314. The molecule has 0 unspecified atom stereocenters. The number of hydrogen-bond acceptors (Lipinski definition) is 4. The van der Waals surface area contributed by atoms with Crippen LogP contribution in [0.4, 0.5) is 5.69 Å². The second-order valence-electron chi connectivity index (χ2n) is 2.72. The van der Waals surface area contributed by atoms with E-state index < -0.39 is 0 Å². The van der Waals surface area contributed by atoms with Crippen LogP contribution in [0.3, 0.4) is 0 Å². The smallest absolute Gasteiger partial charge is 0.0749 e. The van der Waals surface area contributed by atoms with Crippen molar-refractivity contribution in [3.8, 4) is 11.1 Å². The second-order valence-corrected chi connectivity index (χ2v) is 2.72. The van der Waals surface area contributed by atoms with E-state index >= 15 is 0 Å². The number of aromatic nitrogens is 2. The highest BCUT2D eigenvalue weighted by molar-refractivity contribution is 5.75. The zero-order chi connectivity index (χ0) is 9.42. The predicted molar refractivity (Wildman–Crippen MR) is 46.3 cm³/mol. The number of nitrogens with two attached hydrogens (primary N) is 1. The second kappa shape index (κ2) is 2.48. The van der Waals surface area contributed by atoms with E-state index in [0.29, 0.717) is 27.0 Å². The van der Waals surface area contributed by atoms with E-state index in [9.17, 15) is 0 Å². The number of anilines is 1. The number of nitrogen functional groups attached to an aromatic ring is 1. The van der Waals surface area contributed by atoms with Gasteiger partial charge in [-0.1, -0.05) is 0 Å². The lowest BCUT2D eigenvalue weighted by atomic mass is 10.1. The monoisotopic (exact) mass is 176 g/mol. The Morgan fingerprint density at radius 3 is 2.92 bits per heavy atom. The molecule has 0 aromatic carbocycles. The van der Waals surface area contributed by atoms with Gasteiger partial charge in [-0.25, -0.2) is 0 Å². The van der Waals surface area contributed by atoms with Crippen LogP contribution in [0.5, 0.6) is 0 Å². The number of benzene rings is 1. The molecule has 1 aliphatic carbocycles. The Hall–Kier alpha value is -2.04. The maximum atomic E-state index is 9.03. The number of rotatable bonds is 0. The van der Waals surface area contributed by atoms with Gasteiger partial charge in [0.05, 0.1) is 17.8 Å². The fourth-order valence-corrected chi connectivity index (χ4v) is 1.20. The molecule has 0 radical (unpaired) electrons. The quantitative estimate of drug-likeness (QED) is 0.398. The molecular weight excluding hydrogens is 168 g/mol. The third kappa shape index (κ3) is 1.10. The molecule has 0 spiro atoms. The van der Waals surface area contributed by atoms with Gasteiger partial charge in [0.1, 0.15) is 0 Å². The highest BCUT2D eigenvalue weighted by Crippen LogP contribution is 2.21. The van der Waals surface area contributed by atoms with Gasteiger partial charge >= 0.3 is 0 Å². The number of nitrogens with zero attached hydrogens (tertiary/aromatic N) is 2. The Bertz CT molecular complexity index is 476. The first-order chi connectivity index (χ1) is 6.18. The minimum atomic E-state index is 0.314. The lowest BCUT2D eigenvalue weighted by molar-refractivity contribution is 0.144. The van der Waals surface area contributed by atoms with E-state index in [2.05, 4.69) is 5.10 Å². The van der Waals surface area contributed by atoms with Crippen LogP contribution in [0, 0.1) is 5.41 Å². The van der Waals surface area contributed by atoms with Gasteiger partial charge in [-0.3, -0.25) is 0 Å². The summed E-state index contributed by atoms with van der Waals surface area (Å²) < 4.78 is 0. The van der Waals surface area contributed by atoms with Crippen molar-refractivity contribution in [3.05, 3.63) is 29.9 Å². The normalized spacial score (nSPS) is 10.5.